The Hall–Kier alpha value is -2.74. The van der Waals surface area contributed by atoms with Crippen LogP contribution in [0.4, 0.5) is 0 Å². The van der Waals surface area contributed by atoms with Crippen LogP contribution in [0, 0.1) is 0 Å². The fraction of sp³-hybridized carbons (Fsp3) is 0.263. The first-order valence-electron chi connectivity index (χ1n) is 8.31. The highest BCUT2D eigenvalue weighted by molar-refractivity contribution is 9.10. The lowest BCUT2D eigenvalue weighted by Gasteiger charge is -2.11. The molecule has 0 spiro atoms. The Labute approximate surface area is 165 Å². The molecule has 1 aliphatic heterocycles. The van der Waals surface area contributed by atoms with Crippen molar-refractivity contribution in [3.63, 3.8) is 0 Å². The molecular weight excluding hydrogens is 416 g/mol. The van der Waals surface area contributed by atoms with Gasteiger partial charge in [0.05, 0.1) is 30.8 Å². The van der Waals surface area contributed by atoms with Crippen LogP contribution in [0.25, 0.3) is 0 Å². The third-order valence-electron chi connectivity index (χ3n) is 3.74. The molecule has 0 fully saturated rings. The number of benzene rings is 2. The Bertz CT molecular complexity index is 869. The average molecular weight is 435 g/mol. The van der Waals surface area contributed by atoms with Crippen LogP contribution in [0.3, 0.4) is 0 Å². The summed E-state index contributed by atoms with van der Waals surface area (Å²) in [4.78, 5) is 12.1. The van der Waals surface area contributed by atoms with Crippen LogP contribution in [0.5, 0.6) is 23.0 Å². The van der Waals surface area contributed by atoms with Crippen molar-refractivity contribution in [3.8, 4) is 23.0 Å². The van der Waals surface area contributed by atoms with E-state index < -0.39 is 0 Å². The number of hydrogen-bond acceptors (Lipinski definition) is 6. The van der Waals surface area contributed by atoms with Gasteiger partial charge in [-0.2, -0.15) is 5.10 Å². The molecule has 1 amide bonds. The highest BCUT2D eigenvalue weighted by Crippen LogP contribution is 2.36. The molecule has 0 aromatic heterocycles. The summed E-state index contributed by atoms with van der Waals surface area (Å²) in [6.45, 7) is 2.61. The molecule has 3 rings (SSSR count). The number of hydrogen-bond donors (Lipinski definition) is 1. The predicted octanol–water partition coefficient (Wildman–Crippen LogP) is 3.28. The number of nitrogens with zero attached hydrogens (tertiary/aromatic N) is 1. The van der Waals surface area contributed by atoms with Gasteiger partial charge in [-0.1, -0.05) is 6.07 Å². The number of halogens is 1. The molecule has 2 aromatic rings. The van der Waals surface area contributed by atoms with Crippen LogP contribution in [0.1, 0.15) is 18.1 Å². The maximum absolute atomic E-state index is 12.1. The van der Waals surface area contributed by atoms with Gasteiger partial charge >= 0.3 is 0 Å². The molecule has 142 valence electrons. The maximum Gasteiger partial charge on any atom is 0.244 e. The fourth-order valence-corrected chi connectivity index (χ4v) is 3.20. The number of nitrogens with one attached hydrogen (secondary N) is 1. The summed E-state index contributed by atoms with van der Waals surface area (Å²) in [7, 11) is 1.58. The zero-order valence-electron chi connectivity index (χ0n) is 15.0. The molecular formula is C19H19BrN2O5. The number of ether oxygens (including phenoxy) is 4. The van der Waals surface area contributed by atoms with Gasteiger partial charge in [-0.3, -0.25) is 4.79 Å². The Balaban J connectivity index is 1.62. The summed E-state index contributed by atoms with van der Waals surface area (Å²) in [6.07, 6.45) is 1.73. The number of amides is 1. The van der Waals surface area contributed by atoms with Gasteiger partial charge in [0.25, 0.3) is 0 Å². The van der Waals surface area contributed by atoms with Gasteiger partial charge in [-0.25, -0.2) is 5.43 Å². The van der Waals surface area contributed by atoms with E-state index in [4.69, 9.17) is 18.9 Å². The normalized spacial score (nSPS) is 12.3. The van der Waals surface area contributed by atoms with Crippen LogP contribution in [-0.2, 0) is 11.2 Å². The highest BCUT2D eigenvalue weighted by atomic mass is 79.9. The van der Waals surface area contributed by atoms with Gasteiger partial charge in [0.1, 0.15) is 0 Å². The van der Waals surface area contributed by atoms with E-state index in [0.717, 1.165) is 15.6 Å². The van der Waals surface area contributed by atoms with E-state index in [1.54, 1.807) is 31.5 Å². The quantitative estimate of drug-likeness (QED) is 0.534. The Morgan fingerprint density at radius 2 is 2.11 bits per heavy atom. The fourth-order valence-electron chi connectivity index (χ4n) is 2.58. The van der Waals surface area contributed by atoms with Crippen LogP contribution < -0.4 is 24.4 Å². The summed E-state index contributed by atoms with van der Waals surface area (Å²) in [6, 6.07) is 9.03. The highest BCUT2D eigenvalue weighted by Gasteiger charge is 2.14. The predicted molar refractivity (Wildman–Crippen MR) is 104 cm³/mol. The van der Waals surface area contributed by atoms with Gasteiger partial charge in [0.15, 0.2) is 23.0 Å². The molecule has 0 radical (unpaired) electrons. The van der Waals surface area contributed by atoms with Crippen molar-refractivity contribution in [3.05, 3.63) is 45.9 Å². The monoisotopic (exact) mass is 434 g/mol. The number of hydrazone groups is 1. The standard InChI is InChI=1S/C19H19BrN2O5/c1-3-25-17-8-13(6-14(20)19(17)24-2)10-21-22-18(23)9-12-4-5-15-16(7-12)27-11-26-15/h4-8,10H,3,9,11H2,1-2H3,(H,22,23)/b21-10-. The van der Waals surface area contributed by atoms with Crippen LogP contribution in [0.15, 0.2) is 39.9 Å². The lowest BCUT2D eigenvalue weighted by atomic mass is 10.1. The van der Waals surface area contributed by atoms with Gasteiger partial charge in [-0.05, 0) is 58.2 Å². The molecule has 1 heterocycles. The second kappa shape index (κ2) is 8.77. The van der Waals surface area contributed by atoms with Crippen molar-refractivity contribution in [1.29, 1.82) is 0 Å². The zero-order valence-corrected chi connectivity index (χ0v) is 16.5. The Morgan fingerprint density at radius 3 is 2.89 bits per heavy atom. The Kier molecular flexibility index (Phi) is 6.18. The molecule has 1 aliphatic rings. The van der Waals surface area contributed by atoms with E-state index in [-0.39, 0.29) is 19.1 Å². The van der Waals surface area contributed by atoms with Gasteiger partial charge in [-0.15, -0.1) is 0 Å². The zero-order chi connectivity index (χ0) is 19.2. The van der Waals surface area contributed by atoms with Crippen molar-refractivity contribution >= 4 is 28.1 Å². The van der Waals surface area contributed by atoms with Crippen LogP contribution >= 0.6 is 15.9 Å². The third kappa shape index (κ3) is 4.71. The Morgan fingerprint density at radius 1 is 1.30 bits per heavy atom. The average Bonchev–Trinajstić information content (AvgIpc) is 3.09. The van der Waals surface area contributed by atoms with E-state index in [1.165, 1.54) is 0 Å². The number of fused-ring (bicyclic) bond motifs is 1. The number of methoxy groups -OCH3 is 1. The molecule has 0 unspecified atom stereocenters. The number of rotatable bonds is 7. The van der Waals surface area contributed by atoms with Crippen molar-refractivity contribution < 1.29 is 23.7 Å². The minimum atomic E-state index is -0.234. The van der Waals surface area contributed by atoms with Gasteiger partial charge in [0.2, 0.25) is 12.7 Å². The molecule has 2 aromatic carbocycles. The molecule has 0 saturated heterocycles. The van der Waals surface area contributed by atoms with E-state index >= 15 is 0 Å². The largest absolute Gasteiger partial charge is 0.492 e. The topological polar surface area (TPSA) is 78.4 Å². The van der Waals surface area contributed by atoms with E-state index in [2.05, 4.69) is 26.5 Å². The molecule has 0 saturated carbocycles. The molecule has 8 heteroatoms. The second-order valence-corrected chi connectivity index (χ2v) is 6.48. The molecule has 7 nitrogen and oxygen atoms in total. The van der Waals surface area contributed by atoms with Gasteiger partial charge in [0, 0.05) is 0 Å². The first kappa shape index (κ1) is 19.0. The van der Waals surface area contributed by atoms with Crippen molar-refractivity contribution in [2.75, 3.05) is 20.5 Å². The smallest absolute Gasteiger partial charge is 0.244 e. The third-order valence-corrected chi connectivity index (χ3v) is 4.33. The lowest BCUT2D eigenvalue weighted by Crippen LogP contribution is -2.19. The van der Waals surface area contributed by atoms with E-state index in [9.17, 15) is 4.79 Å². The van der Waals surface area contributed by atoms with Gasteiger partial charge < -0.3 is 18.9 Å². The molecule has 0 aliphatic carbocycles. The first-order valence-corrected chi connectivity index (χ1v) is 9.10. The summed E-state index contributed by atoms with van der Waals surface area (Å²) < 4.78 is 22.2. The minimum Gasteiger partial charge on any atom is -0.492 e. The summed E-state index contributed by atoms with van der Waals surface area (Å²) in [5.41, 5.74) is 4.09. The molecule has 0 bridgehead atoms. The summed E-state index contributed by atoms with van der Waals surface area (Å²) in [5, 5.41) is 4.01. The van der Waals surface area contributed by atoms with Crippen molar-refractivity contribution in [2.24, 2.45) is 5.10 Å². The minimum absolute atomic E-state index is 0.185. The molecule has 1 N–H and O–H groups in total. The SMILES string of the molecule is CCOc1cc(/C=N\NC(=O)Cc2ccc3c(c2)OCO3)cc(Br)c1OC. The van der Waals surface area contributed by atoms with E-state index in [0.29, 0.717) is 29.6 Å². The summed E-state index contributed by atoms with van der Waals surface area (Å²) in [5.74, 6) is 2.31. The molecule has 27 heavy (non-hydrogen) atoms. The summed E-state index contributed by atoms with van der Waals surface area (Å²) >= 11 is 3.44. The lowest BCUT2D eigenvalue weighted by molar-refractivity contribution is -0.120. The number of carbonyl (C=O) groups excluding carboxylic acids is 1. The van der Waals surface area contributed by atoms with Crippen LogP contribution in [0.2, 0.25) is 0 Å². The van der Waals surface area contributed by atoms with E-state index in [1.807, 2.05) is 19.1 Å². The van der Waals surface area contributed by atoms with Crippen LogP contribution in [-0.4, -0.2) is 32.6 Å². The number of carbonyl (C=O) groups is 1. The second-order valence-electron chi connectivity index (χ2n) is 5.62. The first-order chi connectivity index (χ1) is 13.1. The van der Waals surface area contributed by atoms with Crippen molar-refractivity contribution in [2.45, 2.75) is 13.3 Å². The van der Waals surface area contributed by atoms with Crippen molar-refractivity contribution in [1.82, 2.24) is 5.43 Å². The maximum atomic E-state index is 12.1. The molecule has 0 atom stereocenters.